The molecule has 28 heavy (non-hydrogen) atoms. The largest absolute Gasteiger partial charge is 0.465 e. The highest BCUT2D eigenvalue weighted by Gasteiger charge is 2.47. The number of Topliss-reactive ketones (excluding diaryl/α,β-unsaturated/α-hetero) is 1. The van der Waals surface area contributed by atoms with Crippen molar-refractivity contribution in [2.45, 2.75) is 40.0 Å². The van der Waals surface area contributed by atoms with Gasteiger partial charge in [0.2, 0.25) is 0 Å². The van der Waals surface area contributed by atoms with Crippen LogP contribution in [0.3, 0.4) is 0 Å². The molecule has 0 unspecified atom stereocenters. The Balaban J connectivity index is 2.11. The van der Waals surface area contributed by atoms with Crippen molar-refractivity contribution in [2.75, 3.05) is 13.2 Å². The van der Waals surface area contributed by atoms with E-state index in [0.717, 1.165) is 11.3 Å². The fraction of sp³-hybridized carbons (Fsp3) is 0.476. The Morgan fingerprint density at radius 3 is 2.57 bits per heavy atom. The number of hydrogen-bond acceptors (Lipinski definition) is 7. The van der Waals surface area contributed by atoms with Gasteiger partial charge in [-0.05, 0) is 55.5 Å². The number of carbonyl (C=O) groups excluding carboxylic acids is 3. The SMILES string of the molecule is CCOC(=O)C1=C(C)NC2=C(C(=O)[C@@H](C(=O)OCC)[C@@H](C)C2)[C@@H]1c1ccsc1. The van der Waals surface area contributed by atoms with Crippen LogP contribution in [0.2, 0.25) is 0 Å². The molecular weight excluding hydrogens is 378 g/mol. The van der Waals surface area contributed by atoms with Gasteiger partial charge in [0.1, 0.15) is 5.92 Å². The van der Waals surface area contributed by atoms with Crippen molar-refractivity contribution in [1.29, 1.82) is 0 Å². The van der Waals surface area contributed by atoms with Crippen molar-refractivity contribution in [3.05, 3.63) is 44.9 Å². The number of dihydropyridines is 1. The number of ketones is 1. The van der Waals surface area contributed by atoms with Crippen LogP contribution in [0.15, 0.2) is 39.4 Å². The Morgan fingerprint density at radius 2 is 1.96 bits per heavy atom. The highest BCUT2D eigenvalue weighted by atomic mass is 32.1. The average Bonchev–Trinajstić information content (AvgIpc) is 3.15. The van der Waals surface area contributed by atoms with E-state index in [9.17, 15) is 14.4 Å². The molecule has 1 N–H and O–H groups in total. The van der Waals surface area contributed by atoms with Gasteiger partial charge in [-0.3, -0.25) is 9.59 Å². The summed E-state index contributed by atoms with van der Waals surface area (Å²) in [5.74, 6) is -2.81. The summed E-state index contributed by atoms with van der Waals surface area (Å²) in [6, 6.07) is 1.91. The van der Waals surface area contributed by atoms with Crippen LogP contribution in [-0.4, -0.2) is 30.9 Å². The zero-order chi connectivity index (χ0) is 20.4. The first-order chi connectivity index (χ1) is 13.4. The third-order valence-corrected chi connectivity index (χ3v) is 5.90. The summed E-state index contributed by atoms with van der Waals surface area (Å²) >= 11 is 1.50. The molecule has 150 valence electrons. The quantitative estimate of drug-likeness (QED) is 0.600. The van der Waals surface area contributed by atoms with E-state index in [2.05, 4.69) is 5.32 Å². The van der Waals surface area contributed by atoms with Gasteiger partial charge < -0.3 is 14.8 Å². The molecule has 1 aliphatic heterocycles. The van der Waals surface area contributed by atoms with E-state index in [1.54, 1.807) is 13.8 Å². The summed E-state index contributed by atoms with van der Waals surface area (Å²) in [6.45, 7) is 7.64. The summed E-state index contributed by atoms with van der Waals surface area (Å²) in [5, 5.41) is 7.08. The molecule has 0 amide bonds. The molecule has 0 bridgehead atoms. The molecule has 0 radical (unpaired) electrons. The van der Waals surface area contributed by atoms with Gasteiger partial charge in [-0.1, -0.05) is 6.92 Å². The van der Waals surface area contributed by atoms with Gasteiger partial charge >= 0.3 is 11.9 Å². The molecule has 0 saturated heterocycles. The van der Waals surface area contributed by atoms with Crippen molar-refractivity contribution in [3.8, 4) is 0 Å². The van der Waals surface area contributed by atoms with Gasteiger partial charge in [0, 0.05) is 22.9 Å². The molecule has 1 aromatic heterocycles. The van der Waals surface area contributed by atoms with E-state index >= 15 is 0 Å². The van der Waals surface area contributed by atoms with Gasteiger partial charge in [-0.25, -0.2) is 4.79 Å². The van der Waals surface area contributed by atoms with Crippen LogP contribution in [-0.2, 0) is 23.9 Å². The second-order valence-electron chi connectivity index (χ2n) is 7.04. The molecule has 0 fully saturated rings. The Hall–Kier alpha value is -2.41. The van der Waals surface area contributed by atoms with Crippen molar-refractivity contribution < 1.29 is 23.9 Å². The number of esters is 2. The maximum Gasteiger partial charge on any atom is 0.336 e. The number of rotatable bonds is 5. The first kappa shape index (κ1) is 20.3. The third-order valence-electron chi connectivity index (χ3n) is 5.20. The molecule has 0 saturated carbocycles. The molecule has 3 rings (SSSR count). The molecule has 2 heterocycles. The van der Waals surface area contributed by atoms with Gasteiger partial charge in [-0.15, -0.1) is 0 Å². The first-order valence-electron chi connectivity index (χ1n) is 9.51. The Bertz CT molecular complexity index is 852. The summed E-state index contributed by atoms with van der Waals surface area (Å²) in [6.07, 6.45) is 0.540. The lowest BCUT2D eigenvalue weighted by Crippen LogP contribution is -2.43. The Kier molecular flexibility index (Phi) is 6.03. The first-order valence-corrected chi connectivity index (χ1v) is 10.5. The number of thiophene rings is 1. The lowest BCUT2D eigenvalue weighted by atomic mass is 9.69. The highest BCUT2D eigenvalue weighted by Crippen LogP contribution is 2.45. The van der Waals surface area contributed by atoms with Gasteiger partial charge in [0.25, 0.3) is 0 Å². The monoisotopic (exact) mass is 403 g/mol. The predicted octanol–water partition coefficient (Wildman–Crippen LogP) is 3.31. The minimum absolute atomic E-state index is 0.183. The smallest absolute Gasteiger partial charge is 0.336 e. The lowest BCUT2D eigenvalue weighted by Gasteiger charge is -2.38. The molecule has 3 atom stereocenters. The Morgan fingerprint density at radius 1 is 1.25 bits per heavy atom. The van der Waals surface area contributed by atoms with E-state index in [1.165, 1.54) is 11.3 Å². The van der Waals surface area contributed by atoms with Crippen LogP contribution in [0.5, 0.6) is 0 Å². The number of ether oxygens (including phenoxy) is 2. The van der Waals surface area contributed by atoms with Crippen molar-refractivity contribution in [2.24, 2.45) is 11.8 Å². The average molecular weight is 404 g/mol. The highest BCUT2D eigenvalue weighted by molar-refractivity contribution is 7.08. The van der Waals surface area contributed by atoms with Gasteiger partial charge in [-0.2, -0.15) is 11.3 Å². The van der Waals surface area contributed by atoms with Crippen LogP contribution in [0.4, 0.5) is 0 Å². The van der Waals surface area contributed by atoms with Crippen LogP contribution >= 0.6 is 11.3 Å². The fourth-order valence-electron chi connectivity index (χ4n) is 4.04. The molecule has 6 nitrogen and oxygen atoms in total. The van der Waals surface area contributed by atoms with Crippen LogP contribution < -0.4 is 5.32 Å². The lowest BCUT2D eigenvalue weighted by molar-refractivity contribution is -0.153. The summed E-state index contributed by atoms with van der Waals surface area (Å²) < 4.78 is 10.4. The van der Waals surface area contributed by atoms with E-state index in [4.69, 9.17) is 9.47 Å². The Labute approximate surface area is 168 Å². The zero-order valence-electron chi connectivity index (χ0n) is 16.5. The van der Waals surface area contributed by atoms with Crippen molar-refractivity contribution in [1.82, 2.24) is 5.32 Å². The normalized spacial score (nSPS) is 24.6. The molecule has 7 heteroatoms. The number of hydrogen-bond donors (Lipinski definition) is 1. The van der Waals surface area contributed by atoms with Crippen molar-refractivity contribution >= 4 is 29.1 Å². The maximum atomic E-state index is 13.5. The summed E-state index contributed by atoms with van der Waals surface area (Å²) in [7, 11) is 0. The molecule has 1 aromatic rings. The fourth-order valence-corrected chi connectivity index (χ4v) is 4.72. The maximum absolute atomic E-state index is 13.5. The molecule has 0 aromatic carbocycles. The van der Waals surface area contributed by atoms with Crippen LogP contribution in [0, 0.1) is 11.8 Å². The second-order valence-corrected chi connectivity index (χ2v) is 7.82. The summed E-state index contributed by atoms with van der Waals surface area (Å²) in [4.78, 5) is 38.7. The van der Waals surface area contributed by atoms with Crippen LogP contribution in [0.1, 0.15) is 45.6 Å². The molecule has 0 spiro atoms. The summed E-state index contributed by atoms with van der Waals surface area (Å²) in [5.41, 5.74) is 3.21. The standard InChI is InChI=1S/C21H25NO5S/c1-5-26-20(24)15-11(3)9-14-18(19(15)23)17(13-7-8-28-10-13)16(12(4)22-14)21(25)27-6-2/h7-8,10-11,15,17,22H,5-6,9H2,1-4H3/t11-,15-,17+/m0/s1. The predicted molar refractivity (Wildman–Crippen MR) is 105 cm³/mol. The number of allylic oxidation sites excluding steroid dienone is 3. The van der Waals surface area contributed by atoms with Crippen LogP contribution in [0.25, 0.3) is 0 Å². The minimum Gasteiger partial charge on any atom is -0.465 e. The van der Waals surface area contributed by atoms with E-state index < -0.39 is 23.8 Å². The second kappa shape index (κ2) is 8.31. The number of carbonyl (C=O) groups is 3. The van der Waals surface area contributed by atoms with Crippen molar-refractivity contribution in [3.63, 3.8) is 0 Å². The molecule has 1 aliphatic carbocycles. The molecular formula is C21H25NO5S. The number of nitrogens with one attached hydrogen (secondary N) is 1. The van der Waals surface area contributed by atoms with Gasteiger partial charge in [0.15, 0.2) is 5.78 Å². The van der Waals surface area contributed by atoms with Gasteiger partial charge in [0.05, 0.1) is 18.8 Å². The van der Waals surface area contributed by atoms with E-state index in [1.807, 2.05) is 30.7 Å². The van der Waals surface area contributed by atoms with E-state index in [0.29, 0.717) is 23.3 Å². The third kappa shape index (κ3) is 3.51. The molecule has 2 aliphatic rings. The minimum atomic E-state index is -0.858. The topological polar surface area (TPSA) is 81.7 Å². The van der Waals surface area contributed by atoms with E-state index in [-0.39, 0.29) is 24.9 Å². The zero-order valence-corrected chi connectivity index (χ0v) is 17.4.